The van der Waals surface area contributed by atoms with Crippen LogP contribution in [-0.2, 0) is 38.0 Å². The van der Waals surface area contributed by atoms with Crippen LogP contribution in [0.4, 0.5) is 9.59 Å². The number of nitrogens with two attached hydrogens (primary N) is 2. The molecule has 0 radical (unpaired) electrons. The molecule has 2 heterocycles. The van der Waals surface area contributed by atoms with E-state index in [0.29, 0.717) is 12.0 Å². The first kappa shape index (κ1) is 30.8. The van der Waals surface area contributed by atoms with Gasteiger partial charge in [0.2, 0.25) is 0 Å². The van der Waals surface area contributed by atoms with Gasteiger partial charge in [-0.3, -0.25) is 0 Å². The van der Waals surface area contributed by atoms with Crippen LogP contribution >= 0.6 is 0 Å². The number of hydrogen-bond donors (Lipinski definition) is 2. The molecule has 2 fully saturated rings. The molecule has 4 bridgehead atoms. The molecule has 0 unspecified atom stereocenters. The lowest BCUT2D eigenvalue weighted by Crippen LogP contribution is -2.58. The number of ether oxygens (including phenoxy) is 6. The summed E-state index contributed by atoms with van der Waals surface area (Å²) in [5.41, 5.74) is 11.1. The number of methoxy groups -OCH3 is 1. The normalized spacial score (nSPS) is 41.6. The number of allylic oxidation sites excluding steroid dienone is 3. The number of carbonyl (C=O) groups excluding carboxylic acids is 4. The molecule has 0 aromatic rings. The Balaban J connectivity index is 1.61. The molecule has 43 heavy (non-hydrogen) atoms. The minimum atomic E-state index is -1.07. The van der Waals surface area contributed by atoms with Gasteiger partial charge in [0.05, 0.1) is 0 Å². The number of cyclic esters (lactones) is 1. The van der Waals surface area contributed by atoms with E-state index in [1.165, 1.54) is 7.11 Å². The molecule has 5 rings (SSSR count). The Bertz CT molecular complexity index is 1290. The van der Waals surface area contributed by atoms with Crippen LogP contribution in [0.15, 0.2) is 47.6 Å². The van der Waals surface area contributed by atoms with Crippen molar-refractivity contribution in [2.75, 3.05) is 7.11 Å². The predicted molar refractivity (Wildman–Crippen MR) is 151 cm³/mol. The van der Waals surface area contributed by atoms with Gasteiger partial charge in [-0.15, -0.1) is 0 Å². The smallest absolute Gasteiger partial charge is 0.404 e. The fraction of sp³-hybridized carbons (Fsp3) is 0.613. The lowest BCUT2D eigenvalue weighted by molar-refractivity contribution is -0.173. The summed E-state index contributed by atoms with van der Waals surface area (Å²) in [4.78, 5) is 50.4. The van der Waals surface area contributed by atoms with E-state index < -0.39 is 90.0 Å². The van der Waals surface area contributed by atoms with Gasteiger partial charge in [-0.25, -0.2) is 19.2 Å². The molecule has 2 aliphatic heterocycles. The number of rotatable bonds is 6. The molecule has 12 nitrogen and oxygen atoms in total. The summed E-state index contributed by atoms with van der Waals surface area (Å²) in [6, 6.07) is 0. The Morgan fingerprint density at radius 3 is 2.47 bits per heavy atom. The molecule has 0 aromatic heterocycles. The van der Waals surface area contributed by atoms with Crippen LogP contribution in [-0.4, -0.2) is 73.5 Å². The quantitative estimate of drug-likeness (QED) is 0.262. The van der Waals surface area contributed by atoms with Crippen LogP contribution in [0.3, 0.4) is 0 Å². The van der Waals surface area contributed by atoms with Crippen molar-refractivity contribution in [2.24, 2.45) is 41.1 Å². The molecule has 12 atom stereocenters. The van der Waals surface area contributed by atoms with Gasteiger partial charge < -0.3 is 39.9 Å². The molecule has 4 N–H and O–H groups in total. The van der Waals surface area contributed by atoms with Gasteiger partial charge in [-0.2, -0.15) is 0 Å². The van der Waals surface area contributed by atoms with E-state index in [0.717, 1.165) is 5.57 Å². The largest absolute Gasteiger partial charge is 0.456 e. The van der Waals surface area contributed by atoms with E-state index in [2.05, 4.69) is 0 Å². The molecule has 2 amide bonds. The van der Waals surface area contributed by atoms with E-state index in [1.54, 1.807) is 19.1 Å². The molecular formula is C31H40N2O10. The predicted octanol–water partition coefficient (Wildman–Crippen LogP) is 2.85. The van der Waals surface area contributed by atoms with Gasteiger partial charge in [-0.05, 0) is 32.3 Å². The highest BCUT2D eigenvalue weighted by molar-refractivity contribution is 5.90. The second kappa shape index (κ2) is 11.8. The first-order chi connectivity index (χ1) is 20.4. The van der Waals surface area contributed by atoms with E-state index in [-0.39, 0.29) is 12.3 Å². The SMILES string of the molecule is CO[C@H]1C[C@H]2C=C[C@H]3[C@H]4O[C@]2(/C(C)=C/[C@@H](C)[C@@H]([C@@H](C)OC(N)=O)OC1=O)[C@@H]3[C@H](OC(N)=O)[C@@H](C)[C@H]4OC(=O)C1=CC=CC1. The Labute approximate surface area is 250 Å². The van der Waals surface area contributed by atoms with Gasteiger partial charge in [0.25, 0.3) is 0 Å². The topological polar surface area (TPSA) is 176 Å². The van der Waals surface area contributed by atoms with Crippen LogP contribution in [0, 0.1) is 29.6 Å². The lowest BCUT2D eigenvalue weighted by atomic mass is 9.57. The fourth-order valence-electron chi connectivity index (χ4n) is 7.82. The molecule has 1 saturated heterocycles. The summed E-state index contributed by atoms with van der Waals surface area (Å²) < 4.78 is 35.6. The third-order valence-electron chi connectivity index (χ3n) is 9.66. The molecule has 0 aromatic carbocycles. The highest BCUT2D eigenvalue weighted by Crippen LogP contribution is 2.61. The van der Waals surface area contributed by atoms with Crippen LogP contribution < -0.4 is 11.5 Å². The molecule has 1 spiro atoms. The van der Waals surface area contributed by atoms with E-state index in [9.17, 15) is 19.2 Å². The van der Waals surface area contributed by atoms with E-state index in [1.807, 2.05) is 45.1 Å². The van der Waals surface area contributed by atoms with Crippen molar-refractivity contribution >= 4 is 24.1 Å². The first-order valence-corrected chi connectivity index (χ1v) is 14.7. The molecule has 1 saturated carbocycles. The van der Waals surface area contributed by atoms with Gasteiger partial charge in [0.15, 0.2) is 6.10 Å². The molecule has 12 heteroatoms. The fourth-order valence-corrected chi connectivity index (χ4v) is 7.82. The van der Waals surface area contributed by atoms with Crippen molar-refractivity contribution in [3.05, 3.63) is 47.6 Å². The number of carbonyl (C=O) groups is 4. The molecule has 5 aliphatic rings. The second-order valence-corrected chi connectivity index (χ2v) is 12.1. The van der Waals surface area contributed by atoms with Gasteiger partial charge in [-0.1, -0.05) is 50.3 Å². The Hall–Kier alpha value is -3.64. The Morgan fingerprint density at radius 1 is 1.09 bits per heavy atom. The average molecular weight is 601 g/mol. The van der Waals surface area contributed by atoms with E-state index in [4.69, 9.17) is 39.9 Å². The summed E-state index contributed by atoms with van der Waals surface area (Å²) in [6.45, 7) is 7.22. The second-order valence-electron chi connectivity index (χ2n) is 12.1. The van der Waals surface area contributed by atoms with Crippen LogP contribution in [0.1, 0.15) is 40.5 Å². The molecule has 3 aliphatic carbocycles. The third kappa shape index (κ3) is 5.35. The van der Waals surface area contributed by atoms with Gasteiger partial charge in [0, 0.05) is 42.3 Å². The molecule has 234 valence electrons. The maximum Gasteiger partial charge on any atom is 0.404 e. The van der Waals surface area contributed by atoms with Crippen molar-refractivity contribution in [3.63, 3.8) is 0 Å². The first-order valence-electron chi connectivity index (χ1n) is 14.7. The summed E-state index contributed by atoms with van der Waals surface area (Å²) >= 11 is 0. The summed E-state index contributed by atoms with van der Waals surface area (Å²) in [5, 5.41) is 0. The lowest BCUT2D eigenvalue weighted by Gasteiger charge is -2.49. The van der Waals surface area contributed by atoms with Crippen molar-refractivity contribution < 1.29 is 47.6 Å². The van der Waals surface area contributed by atoms with E-state index >= 15 is 0 Å². The van der Waals surface area contributed by atoms with Crippen molar-refractivity contribution in [1.82, 2.24) is 0 Å². The monoisotopic (exact) mass is 600 g/mol. The number of primary amides is 2. The van der Waals surface area contributed by atoms with Crippen molar-refractivity contribution in [1.29, 1.82) is 0 Å². The minimum Gasteiger partial charge on any atom is -0.456 e. The third-order valence-corrected chi connectivity index (χ3v) is 9.66. The summed E-state index contributed by atoms with van der Waals surface area (Å²) in [7, 11) is 1.42. The highest BCUT2D eigenvalue weighted by atomic mass is 16.6. The van der Waals surface area contributed by atoms with Gasteiger partial charge in [0.1, 0.15) is 36.1 Å². The highest BCUT2D eigenvalue weighted by Gasteiger charge is 2.70. The minimum absolute atomic E-state index is 0.180. The number of hydrogen-bond acceptors (Lipinski definition) is 10. The van der Waals surface area contributed by atoms with Crippen LogP contribution in [0.2, 0.25) is 0 Å². The Morgan fingerprint density at radius 2 is 1.84 bits per heavy atom. The maximum absolute atomic E-state index is 13.4. The van der Waals surface area contributed by atoms with Gasteiger partial charge >= 0.3 is 24.1 Å². The van der Waals surface area contributed by atoms with Crippen LogP contribution in [0.25, 0.3) is 0 Å². The summed E-state index contributed by atoms with van der Waals surface area (Å²) in [5.74, 6) is -3.09. The average Bonchev–Trinajstić information content (AvgIpc) is 3.53. The number of esters is 2. The zero-order valence-electron chi connectivity index (χ0n) is 25.0. The number of amides is 2. The van der Waals surface area contributed by atoms with Crippen molar-refractivity contribution in [3.8, 4) is 0 Å². The maximum atomic E-state index is 13.4. The van der Waals surface area contributed by atoms with Crippen molar-refractivity contribution in [2.45, 2.75) is 82.8 Å². The Kier molecular flexibility index (Phi) is 8.45. The standard InChI is InChI=1S/C31H40N2O10/c1-14-12-15(2)31-19(13-21(38-5)28(35)40-23(14)17(4)39-29(32)36)10-11-20-22(31)24(42-30(33)37)16(3)25(26(20)43-31)41-27(34)18-8-6-7-9-18/h6-8,10-12,14,16-17,19-26H,9,13H2,1-5H3,(H2,32,36)(H2,33,37)/b15-12+/t14-,16-,17-,19-,20-,21+,22+,23+,24-,25-,26-,31+/m1/s1. The zero-order valence-corrected chi connectivity index (χ0v) is 25.0. The van der Waals surface area contributed by atoms with Crippen LogP contribution in [0.5, 0.6) is 0 Å². The summed E-state index contributed by atoms with van der Waals surface area (Å²) in [6.07, 6.45) is 5.22. The zero-order chi connectivity index (χ0) is 31.2. The molecular weight excluding hydrogens is 560 g/mol.